The van der Waals surface area contributed by atoms with E-state index in [9.17, 15) is 0 Å². The Morgan fingerprint density at radius 1 is 1.18 bits per heavy atom. The highest BCUT2D eigenvalue weighted by Gasteiger charge is 2.01. The number of rotatable bonds is 3. The zero-order valence-corrected chi connectivity index (χ0v) is 11.3. The lowest BCUT2D eigenvalue weighted by molar-refractivity contribution is 0.308. The van der Waals surface area contributed by atoms with Gasteiger partial charge in [0, 0.05) is 9.50 Å². The molecule has 0 saturated carbocycles. The van der Waals surface area contributed by atoms with Crippen molar-refractivity contribution in [2.45, 2.75) is 6.61 Å². The van der Waals surface area contributed by atoms with Crippen LogP contribution in [0.4, 0.5) is 5.69 Å². The lowest BCUT2D eigenvalue weighted by atomic mass is 10.2. The maximum atomic E-state index is 5.89. The van der Waals surface area contributed by atoms with Crippen LogP contribution in [0.3, 0.4) is 0 Å². The van der Waals surface area contributed by atoms with Gasteiger partial charge in [0.1, 0.15) is 12.4 Å². The topological polar surface area (TPSA) is 35.2 Å². The summed E-state index contributed by atoms with van der Waals surface area (Å²) in [6.45, 7) is 0.451. The average molecular weight is 313 g/mol. The molecule has 0 amide bonds. The van der Waals surface area contributed by atoms with Crippen LogP contribution in [0.15, 0.2) is 46.9 Å². The maximum absolute atomic E-state index is 5.89. The van der Waals surface area contributed by atoms with Gasteiger partial charge in [0.2, 0.25) is 0 Å². The summed E-state index contributed by atoms with van der Waals surface area (Å²) >= 11 is 9.24. The molecule has 0 unspecified atom stereocenters. The number of nitrogen functional groups attached to an aromatic ring is 1. The van der Waals surface area contributed by atoms with Gasteiger partial charge in [-0.2, -0.15) is 0 Å². The van der Waals surface area contributed by atoms with E-state index in [-0.39, 0.29) is 0 Å². The molecule has 0 radical (unpaired) electrons. The summed E-state index contributed by atoms with van der Waals surface area (Å²) in [5.74, 6) is 0.674. The van der Waals surface area contributed by atoms with E-state index >= 15 is 0 Å². The van der Waals surface area contributed by atoms with Gasteiger partial charge >= 0.3 is 0 Å². The van der Waals surface area contributed by atoms with Crippen molar-refractivity contribution in [1.29, 1.82) is 0 Å². The molecule has 17 heavy (non-hydrogen) atoms. The fourth-order valence-corrected chi connectivity index (χ4v) is 2.03. The molecule has 2 aromatic rings. The molecule has 2 aromatic carbocycles. The summed E-state index contributed by atoms with van der Waals surface area (Å²) in [7, 11) is 0. The van der Waals surface area contributed by atoms with Crippen molar-refractivity contribution in [3.63, 3.8) is 0 Å². The molecular formula is C13H11BrClNO. The second kappa shape index (κ2) is 5.43. The van der Waals surface area contributed by atoms with Crippen molar-refractivity contribution >= 4 is 33.2 Å². The minimum atomic E-state index is 0.451. The molecule has 0 fully saturated rings. The zero-order chi connectivity index (χ0) is 12.3. The molecule has 0 saturated heterocycles. The van der Waals surface area contributed by atoms with E-state index in [2.05, 4.69) is 15.9 Å². The molecule has 0 heterocycles. The first-order chi connectivity index (χ1) is 8.15. The van der Waals surface area contributed by atoms with Crippen LogP contribution in [0, 0.1) is 0 Å². The van der Waals surface area contributed by atoms with Crippen molar-refractivity contribution in [3.8, 4) is 5.75 Å². The number of hydrogen-bond donors (Lipinski definition) is 1. The third-order valence-corrected chi connectivity index (χ3v) is 2.98. The largest absolute Gasteiger partial charge is 0.487 e. The van der Waals surface area contributed by atoms with E-state index in [1.165, 1.54) is 0 Å². The number of nitrogens with two attached hydrogens (primary N) is 1. The first-order valence-electron chi connectivity index (χ1n) is 5.07. The molecule has 0 aliphatic carbocycles. The highest BCUT2D eigenvalue weighted by molar-refractivity contribution is 9.10. The monoisotopic (exact) mass is 311 g/mol. The molecule has 0 atom stereocenters. The lowest BCUT2D eigenvalue weighted by Gasteiger charge is -2.09. The predicted molar refractivity (Wildman–Crippen MR) is 74.3 cm³/mol. The molecule has 4 heteroatoms. The normalized spacial score (nSPS) is 10.2. The smallest absolute Gasteiger partial charge is 0.142 e. The summed E-state index contributed by atoms with van der Waals surface area (Å²) in [5.41, 5.74) is 7.46. The maximum Gasteiger partial charge on any atom is 0.142 e. The van der Waals surface area contributed by atoms with Gasteiger partial charge in [0.15, 0.2) is 0 Å². The van der Waals surface area contributed by atoms with Gasteiger partial charge in [-0.15, -0.1) is 0 Å². The molecule has 2 N–H and O–H groups in total. The molecule has 0 aliphatic rings. The minimum Gasteiger partial charge on any atom is -0.487 e. The van der Waals surface area contributed by atoms with Crippen LogP contribution in [-0.2, 0) is 6.61 Å². The fourth-order valence-electron chi connectivity index (χ4n) is 1.44. The Labute approximate surface area is 113 Å². The summed E-state index contributed by atoms with van der Waals surface area (Å²) < 4.78 is 6.56. The molecule has 0 aliphatic heterocycles. The van der Waals surface area contributed by atoms with E-state index < -0.39 is 0 Å². The Kier molecular flexibility index (Phi) is 3.92. The fraction of sp³-hybridized carbons (Fsp3) is 0.0769. The van der Waals surface area contributed by atoms with Crippen LogP contribution in [-0.4, -0.2) is 0 Å². The molecule has 2 nitrogen and oxygen atoms in total. The highest BCUT2D eigenvalue weighted by Crippen LogP contribution is 2.26. The first-order valence-corrected chi connectivity index (χ1v) is 6.24. The number of benzene rings is 2. The van der Waals surface area contributed by atoms with E-state index in [0.717, 1.165) is 10.0 Å². The Bertz CT molecular complexity index is 531. The van der Waals surface area contributed by atoms with Crippen molar-refractivity contribution < 1.29 is 4.74 Å². The zero-order valence-electron chi connectivity index (χ0n) is 8.99. The molecule has 2 rings (SSSR count). The van der Waals surface area contributed by atoms with Crippen LogP contribution in [0.1, 0.15) is 5.56 Å². The molecule has 88 valence electrons. The van der Waals surface area contributed by atoms with E-state index in [0.29, 0.717) is 23.1 Å². The minimum absolute atomic E-state index is 0.451. The quantitative estimate of drug-likeness (QED) is 0.859. The van der Waals surface area contributed by atoms with Gasteiger partial charge in [-0.25, -0.2) is 0 Å². The van der Waals surface area contributed by atoms with Crippen LogP contribution >= 0.6 is 27.5 Å². The van der Waals surface area contributed by atoms with E-state index in [4.69, 9.17) is 22.1 Å². The van der Waals surface area contributed by atoms with Crippen LogP contribution in [0.25, 0.3) is 0 Å². The Balaban J connectivity index is 2.07. The van der Waals surface area contributed by atoms with Crippen molar-refractivity contribution in [3.05, 3.63) is 57.5 Å². The average Bonchev–Trinajstić information content (AvgIpc) is 2.28. The van der Waals surface area contributed by atoms with Crippen LogP contribution < -0.4 is 10.5 Å². The van der Waals surface area contributed by atoms with Gasteiger partial charge in [-0.05, 0) is 35.9 Å². The first kappa shape index (κ1) is 12.3. The summed E-state index contributed by atoms with van der Waals surface area (Å²) in [6, 6.07) is 13.1. The van der Waals surface area contributed by atoms with Crippen LogP contribution in [0.2, 0.25) is 5.02 Å². The second-order valence-corrected chi connectivity index (χ2v) is 4.95. The predicted octanol–water partition coefficient (Wildman–Crippen LogP) is 4.26. The van der Waals surface area contributed by atoms with Gasteiger partial charge in [0.25, 0.3) is 0 Å². The standard InChI is InChI=1S/C13H11BrClNO/c14-10-4-5-13(12(16)7-10)17-8-9-2-1-3-11(15)6-9/h1-7H,8,16H2. The number of anilines is 1. The van der Waals surface area contributed by atoms with Crippen molar-refractivity contribution in [1.82, 2.24) is 0 Å². The van der Waals surface area contributed by atoms with Gasteiger partial charge < -0.3 is 10.5 Å². The Morgan fingerprint density at radius 3 is 2.71 bits per heavy atom. The third-order valence-electron chi connectivity index (χ3n) is 2.26. The van der Waals surface area contributed by atoms with E-state index in [1.54, 1.807) is 0 Å². The third kappa shape index (κ3) is 3.38. The van der Waals surface area contributed by atoms with Crippen molar-refractivity contribution in [2.24, 2.45) is 0 Å². The molecule has 0 aromatic heterocycles. The van der Waals surface area contributed by atoms with Gasteiger partial charge in [0.05, 0.1) is 5.69 Å². The molecular weight excluding hydrogens is 302 g/mol. The van der Waals surface area contributed by atoms with E-state index in [1.807, 2.05) is 42.5 Å². The molecule has 0 spiro atoms. The van der Waals surface area contributed by atoms with Crippen LogP contribution in [0.5, 0.6) is 5.75 Å². The SMILES string of the molecule is Nc1cc(Br)ccc1OCc1cccc(Cl)c1. The van der Waals surface area contributed by atoms with Gasteiger partial charge in [-0.1, -0.05) is 39.7 Å². The van der Waals surface area contributed by atoms with Gasteiger partial charge in [-0.3, -0.25) is 0 Å². The Morgan fingerprint density at radius 2 is 2.00 bits per heavy atom. The number of hydrogen-bond acceptors (Lipinski definition) is 2. The number of halogens is 2. The summed E-state index contributed by atoms with van der Waals surface area (Å²) in [4.78, 5) is 0. The second-order valence-electron chi connectivity index (χ2n) is 3.60. The molecule has 0 bridgehead atoms. The highest BCUT2D eigenvalue weighted by atomic mass is 79.9. The lowest BCUT2D eigenvalue weighted by Crippen LogP contribution is -1.98. The number of ether oxygens (including phenoxy) is 1. The van der Waals surface area contributed by atoms with Crippen molar-refractivity contribution in [2.75, 3.05) is 5.73 Å². The Hall–Kier alpha value is -1.19. The summed E-state index contributed by atoms with van der Waals surface area (Å²) in [5, 5.41) is 0.704. The summed E-state index contributed by atoms with van der Waals surface area (Å²) in [6.07, 6.45) is 0.